The summed E-state index contributed by atoms with van der Waals surface area (Å²) in [5.41, 5.74) is 3.32. The van der Waals surface area contributed by atoms with Gasteiger partial charge in [0.05, 0.1) is 0 Å². The molecule has 0 aliphatic heterocycles. The Morgan fingerprint density at radius 3 is 1.11 bits per heavy atom. The Hall–Kier alpha value is -4.54. The number of Topliss-reactive ketones (excluding diaryl/α,β-unsaturated/α-hetero) is 2. The van der Waals surface area contributed by atoms with Gasteiger partial charge in [-0.3, -0.25) is 9.59 Å². The molecule has 46 heavy (non-hydrogen) atoms. The highest BCUT2D eigenvalue weighted by atomic mass is 33.1. The van der Waals surface area contributed by atoms with Gasteiger partial charge in [0.15, 0.2) is 11.6 Å². The number of rotatable bonds is 17. The molecule has 4 rings (SSSR count). The molecule has 0 heterocycles. The summed E-state index contributed by atoms with van der Waals surface area (Å²) in [4.78, 5) is 51.9. The van der Waals surface area contributed by atoms with Crippen molar-refractivity contribution in [2.24, 2.45) is 0 Å². The molecule has 238 valence electrons. The molecule has 10 heteroatoms. The SMILES string of the molecule is O=C(N[C@@H](CSSC[C@H](NC(=O)OCc1ccccc1)C(=O)Cc1ccccc1)C(=O)Cc1ccccc1)OCc1ccccc1. The summed E-state index contributed by atoms with van der Waals surface area (Å²) in [6.07, 6.45) is -1.11. The molecule has 4 aromatic rings. The van der Waals surface area contributed by atoms with Crippen LogP contribution in [0.5, 0.6) is 0 Å². The number of ether oxygens (including phenoxy) is 2. The van der Waals surface area contributed by atoms with Crippen molar-refractivity contribution in [2.45, 2.75) is 38.1 Å². The van der Waals surface area contributed by atoms with E-state index in [1.165, 1.54) is 21.6 Å². The highest BCUT2D eigenvalue weighted by molar-refractivity contribution is 8.76. The van der Waals surface area contributed by atoms with Gasteiger partial charge in [-0.2, -0.15) is 0 Å². The number of hydrogen-bond donors (Lipinski definition) is 2. The molecule has 0 bridgehead atoms. The highest BCUT2D eigenvalue weighted by Crippen LogP contribution is 2.24. The second-order valence-electron chi connectivity index (χ2n) is 10.3. The number of ketones is 2. The van der Waals surface area contributed by atoms with Crippen LogP contribution in [0.1, 0.15) is 22.3 Å². The third kappa shape index (κ3) is 12.5. The van der Waals surface area contributed by atoms with Crippen LogP contribution < -0.4 is 10.6 Å². The van der Waals surface area contributed by atoms with Crippen LogP contribution in [0.3, 0.4) is 0 Å². The van der Waals surface area contributed by atoms with E-state index in [0.717, 1.165) is 22.3 Å². The number of carbonyl (C=O) groups excluding carboxylic acids is 4. The van der Waals surface area contributed by atoms with E-state index in [4.69, 9.17) is 9.47 Å². The van der Waals surface area contributed by atoms with Gasteiger partial charge in [0, 0.05) is 24.3 Å². The Morgan fingerprint density at radius 2 is 0.783 bits per heavy atom. The van der Waals surface area contributed by atoms with Gasteiger partial charge in [-0.15, -0.1) is 0 Å². The predicted molar refractivity (Wildman–Crippen MR) is 182 cm³/mol. The number of alkyl carbamates (subject to hydrolysis) is 2. The molecule has 0 fully saturated rings. The first kappa shape index (κ1) is 34.3. The van der Waals surface area contributed by atoms with Gasteiger partial charge in [0.1, 0.15) is 25.3 Å². The van der Waals surface area contributed by atoms with Crippen LogP contribution in [0.15, 0.2) is 121 Å². The number of amides is 2. The van der Waals surface area contributed by atoms with Gasteiger partial charge in [-0.1, -0.05) is 143 Å². The van der Waals surface area contributed by atoms with Crippen LogP contribution in [0.2, 0.25) is 0 Å². The van der Waals surface area contributed by atoms with E-state index in [1.807, 2.05) is 121 Å². The minimum Gasteiger partial charge on any atom is -0.445 e. The first-order valence-corrected chi connectivity index (χ1v) is 17.3. The molecular formula is C36H36N2O6S2. The summed E-state index contributed by atoms with van der Waals surface area (Å²) in [6.45, 7) is 0.150. The van der Waals surface area contributed by atoms with Crippen LogP contribution in [-0.4, -0.2) is 47.3 Å². The van der Waals surface area contributed by atoms with E-state index in [9.17, 15) is 19.2 Å². The average molecular weight is 657 g/mol. The molecule has 0 saturated carbocycles. The topological polar surface area (TPSA) is 111 Å². The molecule has 4 aromatic carbocycles. The van der Waals surface area contributed by atoms with Crippen LogP contribution in [0, 0.1) is 0 Å². The molecule has 0 radical (unpaired) electrons. The highest BCUT2D eigenvalue weighted by Gasteiger charge is 2.25. The van der Waals surface area contributed by atoms with Gasteiger partial charge in [-0.05, 0) is 22.3 Å². The van der Waals surface area contributed by atoms with Crippen molar-refractivity contribution in [2.75, 3.05) is 11.5 Å². The zero-order valence-corrected chi connectivity index (χ0v) is 26.8. The number of carbonyl (C=O) groups is 4. The Morgan fingerprint density at radius 1 is 0.478 bits per heavy atom. The monoisotopic (exact) mass is 656 g/mol. The van der Waals surface area contributed by atoms with E-state index in [2.05, 4.69) is 10.6 Å². The summed E-state index contributed by atoms with van der Waals surface area (Å²) in [6, 6.07) is 35.5. The lowest BCUT2D eigenvalue weighted by molar-refractivity contribution is -0.120. The summed E-state index contributed by atoms with van der Waals surface area (Å²) in [5.74, 6) is 0.120. The molecule has 0 aliphatic carbocycles. The fourth-order valence-corrected chi connectivity index (χ4v) is 6.71. The number of hydrogen-bond acceptors (Lipinski definition) is 8. The molecule has 0 saturated heterocycles. The summed E-state index contributed by atoms with van der Waals surface area (Å²) < 4.78 is 10.7. The largest absolute Gasteiger partial charge is 0.445 e. The fourth-order valence-electron chi connectivity index (χ4n) is 4.32. The van der Waals surface area contributed by atoms with E-state index < -0.39 is 24.3 Å². The standard InChI is InChI=1S/C36H36N2O6S2/c39-33(21-27-13-5-1-6-14-27)31(37-35(41)43-23-29-17-9-3-10-18-29)25-45-46-26-32(34(40)22-28-15-7-2-8-16-28)38-36(42)44-24-30-19-11-4-12-20-30/h1-20,31-32H,21-26H2,(H,37,41)(H,38,42)/t31-,32-/m0/s1. The molecule has 0 unspecified atom stereocenters. The van der Waals surface area contributed by atoms with Crippen molar-refractivity contribution < 1.29 is 28.7 Å². The fraction of sp³-hybridized carbons (Fsp3) is 0.222. The molecule has 0 spiro atoms. The lowest BCUT2D eigenvalue weighted by Crippen LogP contribution is -2.44. The summed E-state index contributed by atoms with van der Waals surface area (Å²) in [7, 11) is 2.65. The third-order valence-corrected chi connectivity index (χ3v) is 9.20. The Kier molecular flexibility index (Phi) is 14.2. The number of nitrogens with one attached hydrogen (secondary N) is 2. The molecule has 0 aliphatic rings. The van der Waals surface area contributed by atoms with Crippen LogP contribution in [0.4, 0.5) is 9.59 Å². The van der Waals surface area contributed by atoms with E-state index in [-0.39, 0.29) is 49.1 Å². The molecule has 0 aromatic heterocycles. The molecule has 2 atom stereocenters. The maximum atomic E-state index is 13.3. The van der Waals surface area contributed by atoms with Crippen molar-refractivity contribution in [3.8, 4) is 0 Å². The van der Waals surface area contributed by atoms with Crippen LogP contribution >= 0.6 is 21.6 Å². The molecule has 2 amide bonds. The maximum Gasteiger partial charge on any atom is 0.408 e. The van der Waals surface area contributed by atoms with Crippen molar-refractivity contribution in [1.29, 1.82) is 0 Å². The quantitative estimate of drug-likeness (QED) is 0.0969. The third-order valence-electron chi connectivity index (χ3n) is 6.78. The second-order valence-corrected chi connectivity index (χ2v) is 12.9. The lowest BCUT2D eigenvalue weighted by atomic mass is 10.1. The van der Waals surface area contributed by atoms with Crippen molar-refractivity contribution in [1.82, 2.24) is 10.6 Å². The lowest BCUT2D eigenvalue weighted by Gasteiger charge is -2.19. The van der Waals surface area contributed by atoms with Crippen LogP contribution in [0.25, 0.3) is 0 Å². The van der Waals surface area contributed by atoms with E-state index in [0.29, 0.717) is 0 Å². The van der Waals surface area contributed by atoms with Crippen molar-refractivity contribution >= 4 is 45.3 Å². The van der Waals surface area contributed by atoms with E-state index >= 15 is 0 Å². The summed E-state index contributed by atoms with van der Waals surface area (Å²) >= 11 is 0. The predicted octanol–water partition coefficient (Wildman–Crippen LogP) is 6.58. The Balaban J connectivity index is 1.34. The van der Waals surface area contributed by atoms with Gasteiger partial charge in [0.2, 0.25) is 0 Å². The minimum absolute atomic E-state index is 0.0748. The Labute approximate surface area is 277 Å². The molecular weight excluding hydrogens is 621 g/mol. The van der Waals surface area contributed by atoms with Gasteiger partial charge in [-0.25, -0.2) is 9.59 Å². The molecule has 8 nitrogen and oxygen atoms in total. The molecule has 2 N–H and O–H groups in total. The zero-order chi connectivity index (χ0) is 32.4. The minimum atomic E-state index is -0.830. The first-order valence-electron chi connectivity index (χ1n) is 14.8. The number of benzene rings is 4. The van der Waals surface area contributed by atoms with Gasteiger partial charge >= 0.3 is 12.2 Å². The van der Waals surface area contributed by atoms with Crippen molar-refractivity contribution in [3.63, 3.8) is 0 Å². The van der Waals surface area contributed by atoms with Gasteiger partial charge in [0.25, 0.3) is 0 Å². The summed E-state index contributed by atoms with van der Waals surface area (Å²) in [5, 5.41) is 5.43. The Bertz CT molecular complexity index is 1410. The zero-order valence-electron chi connectivity index (χ0n) is 25.2. The van der Waals surface area contributed by atoms with Crippen molar-refractivity contribution in [3.05, 3.63) is 144 Å². The second kappa shape index (κ2) is 19.1. The van der Waals surface area contributed by atoms with Crippen LogP contribution in [-0.2, 0) is 45.1 Å². The van der Waals surface area contributed by atoms with Gasteiger partial charge < -0.3 is 20.1 Å². The first-order chi connectivity index (χ1) is 22.5. The average Bonchev–Trinajstić information content (AvgIpc) is 3.09. The smallest absolute Gasteiger partial charge is 0.408 e. The maximum absolute atomic E-state index is 13.3. The van der Waals surface area contributed by atoms with E-state index in [1.54, 1.807) is 0 Å². The normalized spacial score (nSPS) is 11.9.